The Hall–Kier alpha value is -2.06. The summed E-state index contributed by atoms with van der Waals surface area (Å²) in [5.74, 6) is 0.699. The molecule has 2 heterocycles. The molecule has 7 nitrogen and oxygen atoms in total. The number of aryl methyl sites for hydroxylation is 1. The van der Waals surface area contributed by atoms with Crippen molar-refractivity contribution in [2.75, 3.05) is 26.7 Å². The first kappa shape index (κ1) is 20.3. The lowest BCUT2D eigenvalue weighted by Gasteiger charge is -2.24. The van der Waals surface area contributed by atoms with Crippen molar-refractivity contribution < 1.29 is 9.18 Å². The predicted octanol–water partition coefficient (Wildman–Crippen LogP) is 1.39. The van der Waals surface area contributed by atoms with Gasteiger partial charge in [0.2, 0.25) is 5.91 Å². The van der Waals surface area contributed by atoms with Crippen molar-refractivity contribution in [2.45, 2.75) is 25.8 Å². The van der Waals surface area contributed by atoms with Gasteiger partial charge in [0.05, 0.1) is 0 Å². The predicted molar refractivity (Wildman–Crippen MR) is 97.6 cm³/mol. The van der Waals surface area contributed by atoms with Crippen molar-refractivity contribution in [3.63, 3.8) is 0 Å². The average Bonchev–Trinajstić information content (AvgIpc) is 3.22. The standard InChI is InChI=1S/C17H23FN6O.ClH/c1-12-20-21-22-24(12)16(9-13-4-3-5-15(18)8-13)17(25)23-7-6-14(11-23)10-19-2;/h3-5,8,14,16,19H,6-7,9-11H2,1-2H3;1H. The molecule has 1 N–H and O–H groups in total. The second-order valence-electron chi connectivity index (χ2n) is 6.52. The van der Waals surface area contributed by atoms with Crippen LogP contribution in [0.25, 0.3) is 0 Å². The molecule has 1 aliphatic rings. The van der Waals surface area contributed by atoms with Crippen molar-refractivity contribution >= 4 is 18.3 Å². The highest BCUT2D eigenvalue weighted by Gasteiger charge is 2.33. The fourth-order valence-electron chi connectivity index (χ4n) is 3.39. The van der Waals surface area contributed by atoms with Crippen LogP contribution in [0.15, 0.2) is 24.3 Å². The monoisotopic (exact) mass is 382 g/mol. The number of aromatic nitrogens is 4. The molecule has 0 spiro atoms. The third-order valence-electron chi connectivity index (χ3n) is 4.65. The average molecular weight is 383 g/mol. The van der Waals surface area contributed by atoms with Gasteiger partial charge in [-0.1, -0.05) is 12.1 Å². The highest BCUT2D eigenvalue weighted by Crippen LogP contribution is 2.23. The number of hydrogen-bond donors (Lipinski definition) is 1. The summed E-state index contributed by atoms with van der Waals surface area (Å²) in [4.78, 5) is 15.0. The lowest BCUT2D eigenvalue weighted by atomic mass is 10.0. The van der Waals surface area contributed by atoms with E-state index in [-0.39, 0.29) is 24.1 Å². The van der Waals surface area contributed by atoms with E-state index < -0.39 is 6.04 Å². The molecule has 9 heteroatoms. The largest absolute Gasteiger partial charge is 0.340 e. The molecule has 1 aromatic carbocycles. The van der Waals surface area contributed by atoms with Crippen LogP contribution in [-0.2, 0) is 11.2 Å². The van der Waals surface area contributed by atoms with E-state index in [4.69, 9.17) is 0 Å². The quantitative estimate of drug-likeness (QED) is 0.817. The second kappa shape index (κ2) is 9.05. The summed E-state index contributed by atoms with van der Waals surface area (Å²) in [6, 6.07) is 5.75. The Morgan fingerprint density at radius 1 is 1.46 bits per heavy atom. The topological polar surface area (TPSA) is 75.9 Å². The van der Waals surface area contributed by atoms with E-state index in [9.17, 15) is 9.18 Å². The minimum Gasteiger partial charge on any atom is -0.340 e. The van der Waals surface area contributed by atoms with Gasteiger partial charge in [-0.15, -0.1) is 17.5 Å². The highest BCUT2D eigenvalue weighted by atomic mass is 35.5. The molecular formula is C17H24ClFN6O. The first-order chi connectivity index (χ1) is 12.1. The summed E-state index contributed by atoms with van der Waals surface area (Å²) in [6.07, 6.45) is 1.34. The number of amides is 1. The summed E-state index contributed by atoms with van der Waals surface area (Å²) in [5, 5.41) is 14.7. The van der Waals surface area contributed by atoms with Crippen LogP contribution in [-0.4, -0.2) is 57.7 Å². The van der Waals surface area contributed by atoms with E-state index in [0.717, 1.165) is 31.6 Å². The molecule has 142 valence electrons. The fraction of sp³-hybridized carbons (Fsp3) is 0.529. The van der Waals surface area contributed by atoms with E-state index in [1.165, 1.54) is 12.1 Å². The molecule has 0 saturated carbocycles. The molecule has 3 rings (SSSR count). The van der Waals surface area contributed by atoms with E-state index in [1.807, 2.05) is 18.0 Å². The van der Waals surface area contributed by atoms with Gasteiger partial charge in [-0.2, -0.15) is 0 Å². The maximum absolute atomic E-state index is 13.5. The summed E-state index contributed by atoms with van der Waals surface area (Å²) in [6.45, 7) is 4.11. The number of likely N-dealkylation sites (tertiary alicyclic amines) is 1. The molecular weight excluding hydrogens is 359 g/mol. The lowest BCUT2D eigenvalue weighted by molar-refractivity contribution is -0.134. The number of nitrogens with one attached hydrogen (secondary N) is 1. The molecule has 1 aromatic heterocycles. The van der Waals surface area contributed by atoms with Crippen molar-refractivity contribution in [1.82, 2.24) is 30.4 Å². The van der Waals surface area contributed by atoms with Crippen LogP contribution in [0, 0.1) is 18.7 Å². The minimum atomic E-state index is -0.565. The van der Waals surface area contributed by atoms with Crippen LogP contribution in [0.4, 0.5) is 4.39 Å². The number of carbonyl (C=O) groups is 1. The summed E-state index contributed by atoms with van der Waals surface area (Å²) in [5.41, 5.74) is 0.749. The zero-order valence-corrected chi connectivity index (χ0v) is 15.7. The fourth-order valence-corrected chi connectivity index (χ4v) is 3.39. The van der Waals surface area contributed by atoms with Crippen LogP contribution in [0.1, 0.15) is 23.9 Å². The van der Waals surface area contributed by atoms with Crippen LogP contribution in [0.5, 0.6) is 0 Å². The van der Waals surface area contributed by atoms with Crippen molar-refractivity contribution in [3.05, 3.63) is 41.5 Å². The van der Waals surface area contributed by atoms with Gasteiger partial charge in [-0.3, -0.25) is 4.79 Å². The maximum atomic E-state index is 13.5. The number of halogens is 2. The van der Waals surface area contributed by atoms with E-state index in [1.54, 1.807) is 17.7 Å². The zero-order chi connectivity index (χ0) is 17.8. The molecule has 2 aromatic rings. The third-order valence-corrected chi connectivity index (χ3v) is 4.65. The van der Waals surface area contributed by atoms with Crippen LogP contribution >= 0.6 is 12.4 Å². The highest BCUT2D eigenvalue weighted by molar-refractivity contribution is 5.85. The van der Waals surface area contributed by atoms with Crippen LogP contribution in [0.2, 0.25) is 0 Å². The smallest absolute Gasteiger partial charge is 0.247 e. The first-order valence-corrected chi connectivity index (χ1v) is 8.50. The summed E-state index contributed by atoms with van der Waals surface area (Å²) >= 11 is 0. The van der Waals surface area contributed by atoms with Gasteiger partial charge in [0, 0.05) is 19.5 Å². The summed E-state index contributed by atoms with van der Waals surface area (Å²) < 4.78 is 15.1. The molecule has 1 amide bonds. The molecule has 1 aliphatic heterocycles. The molecule has 0 aliphatic carbocycles. The normalized spacial score (nSPS) is 17.8. The van der Waals surface area contributed by atoms with E-state index >= 15 is 0 Å². The third kappa shape index (κ3) is 4.56. The van der Waals surface area contributed by atoms with Gasteiger partial charge >= 0.3 is 0 Å². The summed E-state index contributed by atoms with van der Waals surface area (Å²) in [7, 11) is 1.92. The Kier molecular flexibility index (Phi) is 7.05. The van der Waals surface area contributed by atoms with Crippen LogP contribution in [0.3, 0.4) is 0 Å². The molecule has 2 unspecified atom stereocenters. The van der Waals surface area contributed by atoms with E-state index in [0.29, 0.717) is 18.2 Å². The molecule has 0 bridgehead atoms. The Bertz CT molecular complexity index is 740. The Morgan fingerprint density at radius 2 is 2.27 bits per heavy atom. The Labute approximate surface area is 158 Å². The van der Waals surface area contributed by atoms with Gasteiger partial charge in [-0.05, 0) is 61.0 Å². The number of nitrogens with zero attached hydrogens (tertiary/aromatic N) is 5. The molecule has 0 radical (unpaired) electrons. The Morgan fingerprint density at radius 3 is 2.92 bits per heavy atom. The molecule has 2 atom stereocenters. The lowest BCUT2D eigenvalue weighted by Crippen LogP contribution is -2.38. The van der Waals surface area contributed by atoms with Gasteiger partial charge in [0.15, 0.2) is 0 Å². The van der Waals surface area contributed by atoms with Crippen molar-refractivity contribution in [1.29, 1.82) is 0 Å². The van der Waals surface area contributed by atoms with Gasteiger partial charge in [0.25, 0.3) is 0 Å². The number of benzene rings is 1. The maximum Gasteiger partial charge on any atom is 0.247 e. The first-order valence-electron chi connectivity index (χ1n) is 8.50. The zero-order valence-electron chi connectivity index (χ0n) is 14.9. The SMILES string of the molecule is CNCC1CCN(C(=O)C(Cc2cccc(F)c2)n2nnnc2C)C1.Cl. The number of rotatable bonds is 6. The molecule has 1 fully saturated rings. The van der Waals surface area contributed by atoms with Gasteiger partial charge < -0.3 is 10.2 Å². The van der Waals surface area contributed by atoms with E-state index in [2.05, 4.69) is 20.8 Å². The number of carbonyl (C=O) groups excluding carboxylic acids is 1. The Balaban J connectivity index is 0.00000243. The molecule has 26 heavy (non-hydrogen) atoms. The minimum absolute atomic E-state index is 0. The van der Waals surface area contributed by atoms with Gasteiger partial charge in [-0.25, -0.2) is 9.07 Å². The van der Waals surface area contributed by atoms with Crippen molar-refractivity contribution in [2.24, 2.45) is 5.92 Å². The number of hydrogen-bond acceptors (Lipinski definition) is 5. The van der Waals surface area contributed by atoms with Gasteiger partial charge in [0.1, 0.15) is 17.7 Å². The van der Waals surface area contributed by atoms with Crippen LogP contribution < -0.4 is 5.32 Å². The number of tetrazole rings is 1. The molecule has 1 saturated heterocycles. The van der Waals surface area contributed by atoms with Crippen molar-refractivity contribution in [3.8, 4) is 0 Å². The second-order valence-corrected chi connectivity index (χ2v) is 6.52.